The molecule has 10 heteroatoms. The standard InChI is InChI=1S/C26H23F3N4O3/c1-3-15-36-25-31-23(18-5-4-6-22(16-18)35-2)33(32-25)21-13-11-20(12-14-21)30-24(34)17-7-9-19(10-8-17)26(27,28)29/h4-14,16H,3,15H2,1-2H3,(H,30,34). The van der Waals surface area contributed by atoms with Gasteiger partial charge < -0.3 is 14.8 Å². The van der Waals surface area contributed by atoms with Crippen LogP contribution >= 0.6 is 0 Å². The van der Waals surface area contributed by atoms with Gasteiger partial charge in [0.15, 0.2) is 5.82 Å². The topological polar surface area (TPSA) is 78.3 Å². The molecule has 0 radical (unpaired) electrons. The number of carbonyl (C=O) groups is 1. The van der Waals surface area contributed by atoms with E-state index in [1.165, 1.54) is 0 Å². The van der Waals surface area contributed by atoms with Gasteiger partial charge in [0.1, 0.15) is 5.75 Å². The fourth-order valence-electron chi connectivity index (χ4n) is 3.38. The molecule has 0 fully saturated rings. The Morgan fingerprint density at radius 1 is 1.03 bits per heavy atom. The highest BCUT2D eigenvalue weighted by molar-refractivity contribution is 6.04. The van der Waals surface area contributed by atoms with Crippen LogP contribution in [-0.4, -0.2) is 34.4 Å². The molecule has 4 rings (SSSR count). The molecule has 4 aromatic rings. The molecule has 0 bridgehead atoms. The van der Waals surface area contributed by atoms with E-state index in [4.69, 9.17) is 9.47 Å². The van der Waals surface area contributed by atoms with Gasteiger partial charge in [-0.05, 0) is 67.1 Å². The maximum atomic E-state index is 12.8. The van der Waals surface area contributed by atoms with E-state index in [2.05, 4.69) is 15.4 Å². The number of halogens is 3. The zero-order valence-corrected chi connectivity index (χ0v) is 19.5. The third kappa shape index (κ3) is 5.65. The number of rotatable bonds is 8. The molecule has 0 spiro atoms. The second-order valence-electron chi connectivity index (χ2n) is 7.79. The van der Waals surface area contributed by atoms with Crippen molar-refractivity contribution in [2.24, 2.45) is 0 Å². The predicted octanol–water partition coefficient (Wildman–Crippen LogP) is 6.00. The number of alkyl halides is 3. The summed E-state index contributed by atoms with van der Waals surface area (Å²) >= 11 is 0. The highest BCUT2D eigenvalue weighted by atomic mass is 19.4. The molecule has 36 heavy (non-hydrogen) atoms. The van der Waals surface area contributed by atoms with Gasteiger partial charge in [-0.3, -0.25) is 4.79 Å². The first-order valence-electron chi connectivity index (χ1n) is 11.1. The second-order valence-corrected chi connectivity index (χ2v) is 7.79. The molecular formula is C26H23F3N4O3. The molecule has 0 unspecified atom stereocenters. The number of ether oxygens (including phenoxy) is 2. The molecular weight excluding hydrogens is 473 g/mol. The Kier molecular flexibility index (Phi) is 7.23. The number of carbonyl (C=O) groups excluding carboxylic acids is 1. The summed E-state index contributed by atoms with van der Waals surface area (Å²) in [5.74, 6) is 0.686. The molecule has 1 N–H and O–H groups in total. The summed E-state index contributed by atoms with van der Waals surface area (Å²) in [6.45, 7) is 2.45. The third-order valence-electron chi connectivity index (χ3n) is 5.20. The van der Waals surface area contributed by atoms with Crippen LogP contribution in [0.2, 0.25) is 0 Å². The molecule has 3 aromatic carbocycles. The van der Waals surface area contributed by atoms with Crippen LogP contribution in [0.3, 0.4) is 0 Å². The normalized spacial score (nSPS) is 11.2. The van der Waals surface area contributed by atoms with Gasteiger partial charge in [0.25, 0.3) is 5.91 Å². The van der Waals surface area contributed by atoms with Crippen molar-refractivity contribution < 1.29 is 27.4 Å². The Hall–Kier alpha value is -4.34. The summed E-state index contributed by atoms with van der Waals surface area (Å²) in [6.07, 6.45) is -3.66. The van der Waals surface area contributed by atoms with Gasteiger partial charge in [-0.25, -0.2) is 4.68 Å². The lowest BCUT2D eigenvalue weighted by Gasteiger charge is -2.10. The minimum Gasteiger partial charge on any atom is -0.497 e. The van der Waals surface area contributed by atoms with E-state index in [0.717, 1.165) is 36.2 Å². The van der Waals surface area contributed by atoms with Gasteiger partial charge >= 0.3 is 12.2 Å². The summed E-state index contributed by atoms with van der Waals surface area (Å²) < 4.78 is 50.8. The number of anilines is 1. The first-order chi connectivity index (χ1) is 17.3. The molecule has 0 aliphatic heterocycles. The average Bonchev–Trinajstić information content (AvgIpc) is 3.32. The van der Waals surface area contributed by atoms with Crippen molar-refractivity contribution >= 4 is 11.6 Å². The molecule has 186 valence electrons. The summed E-state index contributed by atoms with van der Waals surface area (Å²) in [7, 11) is 1.58. The Morgan fingerprint density at radius 2 is 1.75 bits per heavy atom. The van der Waals surface area contributed by atoms with Gasteiger partial charge in [-0.15, -0.1) is 5.10 Å². The van der Waals surface area contributed by atoms with Crippen molar-refractivity contribution in [3.05, 3.63) is 83.9 Å². The highest BCUT2D eigenvalue weighted by Gasteiger charge is 2.30. The van der Waals surface area contributed by atoms with Crippen LogP contribution in [0.15, 0.2) is 72.8 Å². The van der Waals surface area contributed by atoms with Crippen LogP contribution in [0.5, 0.6) is 11.8 Å². The number of aromatic nitrogens is 3. The fraction of sp³-hybridized carbons (Fsp3) is 0.192. The number of methoxy groups -OCH3 is 1. The summed E-state index contributed by atoms with van der Waals surface area (Å²) in [4.78, 5) is 17.0. The van der Waals surface area contributed by atoms with Crippen molar-refractivity contribution in [2.45, 2.75) is 19.5 Å². The van der Waals surface area contributed by atoms with Crippen LogP contribution in [0.25, 0.3) is 17.1 Å². The molecule has 1 heterocycles. The van der Waals surface area contributed by atoms with E-state index in [9.17, 15) is 18.0 Å². The molecule has 7 nitrogen and oxygen atoms in total. The zero-order chi connectivity index (χ0) is 25.7. The minimum absolute atomic E-state index is 0.112. The van der Waals surface area contributed by atoms with E-state index in [0.29, 0.717) is 29.6 Å². The van der Waals surface area contributed by atoms with Gasteiger partial charge in [0, 0.05) is 16.8 Å². The molecule has 1 aromatic heterocycles. The van der Waals surface area contributed by atoms with Gasteiger partial charge in [0.2, 0.25) is 0 Å². The largest absolute Gasteiger partial charge is 0.497 e. The lowest BCUT2D eigenvalue weighted by atomic mass is 10.1. The predicted molar refractivity (Wildman–Crippen MR) is 129 cm³/mol. The number of nitrogens with zero attached hydrogens (tertiary/aromatic N) is 3. The molecule has 0 saturated carbocycles. The third-order valence-corrected chi connectivity index (χ3v) is 5.20. The van der Waals surface area contributed by atoms with E-state index < -0.39 is 17.6 Å². The zero-order valence-electron chi connectivity index (χ0n) is 19.5. The molecule has 0 atom stereocenters. The van der Waals surface area contributed by atoms with Crippen molar-refractivity contribution in [3.8, 4) is 28.8 Å². The number of nitrogens with one attached hydrogen (secondary N) is 1. The number of hydrogen-bond donors (Lipinski definition) is 1. The lowest BCUT2D eigenvalue weighted by molar-refractivity contribution is -0.137. The first kappa shape index (κ1) is 24.8. The van der Waals surface area contributed by atoms with Gasteiger partial charge in [-0.2, -0.15) is 18.2 Å². The smallest absolute Gasteiger partial charge is 0.416 e. The first-order valence-corrected chi connectivity index (χ1v) is 11.1. The van der Waals surface area contributed by atoms with Crippen LogP contribution in [0.4, 0.5) is 18.9 Å². The number of hydrogen-bond acceptors (Lipinski definition) is 5. The maximum Gasteiger partial charge on any atom is 0.416 e. The molecule has 1 amide bonds. The van der Waals surface area contributed by atoms with E-state index in [1.807, 2.05) is 31.2 Å². The van der Waals surface area contributed by atoms with Crippen molar-refractivity contribution in [1.82, 2.24) is 14.8 Å². The monoisotopic (exact) mass is 496 g/mol. The maximum absolute atomic E-state index is 12.8. The molecule has 0 saturated heterocycles. The minimum atomic E-state index is -4.46. The van der Waals surface area contributed by atoms with Crippen LogP contribution in [-0.2, 0) is 6.18 Å². The highest BCUT2D eigenvalue weighted by Crippen LogP contribution is 2.30. The average molecular weight is 496 g/mol. The van der Waals surface area contributed by atoms with Crippen LogP contribution in [0, 0.1) is 0 Å². The Balaban J connectivity index is 1.57. The summed E-state index contributed by atoms with van der Waals surface area (Å²) in [6, 6.07) is 18.5. The Morgan fingerprint density at radius 3 is 2.39 bits per heavy atom. The van der Waals surface area contributed by atoms with E-state index in [-0.39, 0.29) is 11.6 Å². The van der Waals surface area contributed by atoms with Crippen molar-refractivity contribution in [2.75, 3.05) is 19.0 Å². The van der Waals surface area contributed by atoms with Gasteiger partial charge in [-0.1, -0.05) is 19.1 Å². The van der Waals surface area contributed by atoms with E-state index in [1.54, 1.807) is 36.1 Å². The van der Waals surface area contributed by atoms with Gasteiger partial charge in [0.05, 0.1) is 25.0 Å². The number of amides is 1. The SMILES string of the molecule is CCCOc1nc(-c2cccc(OC)c2)n(-c2ccc(NC(=O)c3ccc(C(F)(F)F)cc3)cc2)n1. The lowest BCUT2D eigenvalue weighted by Crippen LogP contribution is -2.13. The van der Waals surface area contributed by atoms with Crippen molar-refractivity contribution in [1.29, 1.82) is 0 Å². The van der Waals surface area contributed by atoms with Crippen LogP contribution < -0.4 is 14.8 Å². The number of benzene rings is 3. The summed E-state index contributed by atoms with van der Waals surface area (Å²) in [5.41, 5.74) is 1.20. The molecule has 0 aliphatic rings. The summed E-state index contributed by atoms with van der Waals surface area (Å²) in [5, 5.41) is 7.16. The Labute approximate surface area is 205 Å². The Bertz CT molecular complexity index is 1330. The van der Waals surface area contributed by atoms with Crippen LogP contribution in [0.1, 0.15) is 29.3 Å². The van der Waals surface area contributed by atoms with E-state index >= 15 is 0 Å². The quantitative estimate of drug-likeness (QED) is 0.324. The second kappa shape index (κ2) is 10.5. The fourth-order valence-corrected chi connectivity index (χ4v) is 3.38. The van der Waals surface area contributed by atoms with Crippen molar-refractivity contribution in [3.63, 3.8) is 0 Å². The molecule has 0 aliphatic carbocycles.